The molecule has 0 saturated heterocycles. The van der Waals surface area contributed by atoms with Crippen LogP contribution in [0.15, 0.2) is 23.8 Å². The van der Waals surface area contributed by atoms with Crippen molar-refractivity contribution in [1.82, 2.24) is 0 Å². The summed E-state index contributed by atoms with van der Waals surface area (Å²) in [5.74, 6) is -3.31. The molecule has 4 aliphatic carbocycles. The standard InChI is InChI=1S/C28H37FO7/c1-6-23(33)35-15-22(32)28(36-24(34)7-2)16(3)12-20-19-9-8-17-13-18(30)10-11-25(17,4)27(19,29)21(31)14-26(20,28)5/h10-11,13,16,19-21,31H,6-9,12,14-15H2,1-5H3/t16-,19+,20-,21-,25-,26-,27-,28-/m0/s1. The van der Waals surface area contributed by atoms with Crippen molar-refractivity contribution in [3.05, 3.63) is 23.8 Å². The molecule has 4 rings (SSSR count). The smallest absolute Gasteiger partial charge is 0.306 e. The molecule has 0 heterocycles. The van der Waals surface area contributed by atoms with Gasteiger partial charge in [-0.25, -0.2) is 4.39 Å². The van der Waals surface area contributed by atoms with Gasteiger partial charge in [0.25, 0.3) is 0 Å². The van der Waals surface area contributed by atoms with Gasteiger partial charge in [0, 0.05) is 35.5 Å². The molecule has 0 amide bonds. The summed E-state index contributed by atoms with van der Waals surface area (Å²) in [6.07, 6.45) is 4.32. The summed E-state index contributed by atoms with van der Waals surface area (Å²) in [6.45, 7) is 8.05. The third-order valence-electron chi connectivity index (χ3n) is 9.81. The Balaban J connectivity index is 1.80. The lowest BCUT2D eigenvalue weighted by molar-refractivity contribution is -0.228. The molecule has 0 aliphatic heterocycles. The molecule has 4 aliphatic rings. The molecule has 0 spiro atoms. The number of ether oxygens (including phenoxy) is 2. The molecule has 0 aromatic heterocycles. The van der Waals surface area contributed by atoms with E-state index < -0.39 is 64.4 Å². The first kappa shape index (κ1) is 26.7. The van der Waals surface area contributed by atoms with Crippen molar-refractivity contribution in [3.63, 3.8) is 0 Å². The molecule has 8 heteroatoms. The quantitative estimate of drug-likeness (QED) is 0.548. The minimum Gasteiger partial charge on any atom is -0.457 e. The minimum atomic E-state index is -2.05. The van der Waals surface area contributed by atoms with Crippen molar-refractivity contribution >= 4 is 23.5 Å². The maximum Gasteiger partial charge on any atom is 0.306 e. The number of ketones is 2. The number of halogens is 1. The molecule has 7 nitrogen and oxygen atoms in total. The summed E-state index contributed by atoms with van der Waals surface area (Å²) in [6, 6.07) is 0. The maximum atomic E-state index is 17.4. The molecule has 3 fully saturated rings. The maximum absolute atomic E-state index is 17.4. The van der Waals surface area contributed by atoms with E-state index in [4.69, 9.17) is 9.47 Å². The van der Waals surface area contributed by atoms with Crippen LogP contribution in [0, 0.1) is 28.6 Å². The fourth-order valence-electron chi connectivity index (χ4n) is 8.01. The van der Waals surface area contributed by atoms with E-state index in [1.54, 1.807) is 33.8 Å². The van der Waals surface area contributed by atoms with Gasteiger partial charge >= 0.3 is 11.9 Å². The lowest BCUT2D eigenvalue weighted by Crippen LogP contribution is -2.70. The number of alkyl halides is 1. The number of hydrogen-bond acceptors (Lipinski definition) is 7. The van der Waals surface area contributed by atoms with Gasteiger partial charge in [-0.15, -0.1) is 0 Å². The molecule has 3 saturated carbocycles. The zero-order valence-electron chi connectivity index (χ0n) is 21.8. The summed E-state index contributed by atoms with van der Waals surface area (Å²) in [5.41, 5.74) is -5.26. The first-order valence-corrected chi connectivity index (χ1v) is 13.0. The van der Waals surface area contributed by atoms with Gasteiger partial charge in [-0.2, -0.15) is 0 Å². The van der Waals surface area contributed by atoms with Crippen LogP contribution < -0.4 is 0 Å². The SMILES string of the molecule is CCC(=O)OCC(=O)[C@@]1(OC(=O)CC)[C@@H](C)C[C@H]2[C@H]3CCC4=CC(=O)C=C[C@]4(C)[C@@]3(F)[C@@H](O)C[C@@]21C. The number of hydrogen-bond donors (Lipinski definition) is 1. The lowest BCUT2D eigenvalue weighted by atomic mass is 9.44. The Bertz CT molecular complexity index is 1050. The van der Waals surface area contributed by atoms with Crippen LogP contribution in [0.3, 0.4) is 0 Å². The van der Waals surface area contributed by atoms with Crippen molar-refractivity contribution < 1.29 is 38.1 Å². The molecule has 8 atom stereocenters. The number of carbonyl (C=O) groups is 4. The van der Waals surface area contributed by atoms with Crippen LogP contribution in [0.4, 0.5) is 4.39 Å². The fourth-order valence-corrected chi connectivity index (χ4v) is 8.01. The summed E-state index contributed by atoms with van der Waals surface area (Å²) < 4.78 is 28.5. The van der Waals surface area contributed by atoms with Crippen LogP contribution in [0.25, 0.3) is 0 Å². The van der Waals surface area contributed by atoms with Crippen molar-refractivity contribution in [2.75, 3.05) is 6.61 Å². The third kappa shape index (κ3) is 3.39. The second-order valence-electron chi connectivity index (χ2n) is 11.4. The largest absolute Gasteiger partial charge is 0.457 e. The molecular weight excluding hydrogens is 467 g/mol. The molecule has 1 N–H and O–H groups in total. The number of carbonyl (C=O) groups excluding carboxylic acids is 4. The predicted octanol–water partition coefficient (Wildman–Crippen LogP) is 3.82. The molecule has 198 valence electrons. The van der Waals surface area contributed by atoms with Crippen LogP contribution in [-0.4, -0.2) is 52.6 Å². The van der Waals surface area contributed by atoms with Crippen LogP contribution in [0.2, 0.25) is 0 Å². The molecule has 0 aromatic rings. The number of fused-ring (bicyclic) bond motifs is 5. The van der Waals surface area contributed by atoms with Crippen molar-refractivity contribution in [1.29, 1.82) is 0 Å². The Morgan fingerprint density at radius 2 is 1.81 bits per heavy atom. The highest BCUT2D eigenvalue weighted by Crippen LogP contribution is 2.71. The van der Waals surface area contributed by atoms with Crippen LogP contribution in [0.5, 0.6) is 0 Å². The van der Waals surface area contributed by atoms with E-state index in [9.17, 15) is 24.3 Å². The zero-order chi connectivity index (χ0) is 26.7. The van der Waals surface area contributed by atoms with Gasteiger partial charge in [0.1, 0.15) is 0 Å². The Labute approximate surface area is 211 Å². The molecule has 0 unspecified atom stereocenters. The molecule has 0 aromatic carbocycles. The second kappa shape index (κ2) is 8.89. The van der Waals surface area contributed by atoms with Crippen molar-refractivity contribution in [2.45, 2.75) is 90.5 Å². The topological polar surface area (TPSA) is 107 Å². The van der Waals surface area contributed by atoms with E-state index in [-0.39, 0.29) is 31.0 Å². The van der Waals surface area contributed by atoms with Gasteiger partial charge in [0.15, 0.2) is 23.7 Å². The van der Waals surface area contributed by atoms with E-state index in [2.05, 4.69) is 0 Å². The summed E-state index contributed by atoms with van der Waals surface area (Å²) in [7, 11) is 0. The number of allylic oxidation sites excluding steroid dienone is 4. The van der Waals surface area contributed by atoms with E-state index in [1.165, 1.54) is 12.2 Å². The summed E-state index contributed by atoms with van der Waals surface area (Å²) >= 11 is 0. The number of esters is 2. The van der Waals surface area contributed by atoms with Crippen LogP contribution >= 0.6 is 0 Å². The van der Waals surface area contributed by atoms with Gasteiger partial charge in [-0.05, 0) is 50.7 Å². The minimum absolute atomic E-state index is 0.0430. The van der Waals surface area contributed by atoms with Gasteiger partial charge in [0.05, 0.1) is 6.10 Å². The highest BCUT2D eigenvalue weighted by atomic mass is 19.1. The molecular formula is C28H37FO7. The molecule has 36 heavy (non-hydrogen) atoms. The zero-order valence-corrected chi connectivity index (χ0v) is 21.8. The highest BCUT2D eigenvalue weighted by molar-refractivity contribution is 6.01. The first-order chi connectivity index (χ1) is 16.8. The number of Topliss-reactive ketones (excluding diaryl/α,β-unsaturated/α-hetero) is 1. The third-order valence-corrected chi connectivity index (χ3v) is 9.81. The van der Waals surface area contributed by atoms with E-state index >= 15 is 4.39 Å². The monoisotopic (exact) mass is 504 g/mol. The fraction of sp³-hybridized carbons (Fsp3) is 0.714. The highest BCUT2D eigenvalue weighted by Gasteiger charge is 2.77. The van der Waals surface area contributed by atoms with Crippen molar-refractivity contribution in [2.24, 2.45) is 28.6 Å². The van der Waals surface area contributed by atoms with Crippen molar-refractivity contribution in [3.8, 4) is 0 Å². The average molecular weight is 505 g/mol. The Kier molecular flexibility index (Phi) is 6.60. The Hall–Kier alpha value is -2.35. The van der Waals surface area contributed by atoms with Crippen LogP contribution in [-0.2, 0) is 28.7 Å². The summed E-state index contributed by atoms with van der Waals surface area (Å²) in [5, 5.41) is 11.5. The number of rotatable bonds is 6. The van der Waals surface area contributed by atoms with E-state index in [0.29, 0.717) is 24.8 Å². The number of aliphatic hydroxyl groups is 1. The molecule has 0 bridgehead atoms. The second-order valence-corrected chi connectivity index (χ2v) is 11.4. The first-order valence-electron chi connectivity index (χ1n) is 13.0. The van der Waals surface area contributed by atoms with E-state index in [1.807, 2.05) is 6.92 Å². The number of aliphatic hydroxyl groups excluding tert-OH is 1. The predicted molar refractivity (Wildman–Crippen MR) is 128 cm³/mol. The normalized spacial score (nSPS) is 43.1. The summed E-state index contributed by atoms with van der Waals surface area (Å²) in [4.78, 5) is 50.3. The van der Waals surface area contributed by atoms with Crippen LogP contribution in [0.1, 0.15) is 73.1 Å². The lowest BCUT2D eigenvalue weighted by Gasteiger charge is -2.62. The van der Waals surface area contributed by atoms with Gasteiger partial charge < -0.3 is 14.6 Å². The van der Waals surface area contributed by atoms with Gasteiger partial charge in [-0.3, -0.25) is 19.2 Å². The van der Waals surface area contributed by atoms with Gasteiger partial charge in [0.2, 0.25) is 5.78 Å². The van der Waals surface area contributed by atoms with Gasteiger partial charge in [-0.1, -0.05) is 39.3 Å². The van der Waals surface area contributed by atoms with E-state index in [0.717, 1.165) is 0 Å². The average Bonchev–Trinajstić information content (AvgIpc) is 3.05. The Morgan fingerprint density at radius 3 is 2.44 bits per heavy atom. The Morgan fingerprint density at radius 1 is 1.14 bits per heavy atom. The molecule has 0 radical (unpaired) electrons.